The molecule has 19 heavy (non-hydrogen) atoms. The van der Waals surface area contributed by atoms with Crippen molar-refractivity contribution in [2.45, 2.75) is 32.7 Å². The van der Waals surface area contributed by atoms with Crippen molar-refractivity contribution in [3.8, 4) is 5.82 Å². The molecule has 4 heteroatoms. The Morgan fingerprint density at radius 2 is 2.16 bits per heavy atom. The summed E-state index contributed by atoms with van der Waals surface area (Å²) in [5, 5.41) is 7.71. The van der Waals surface area contributed by atoms with Crippen molar-refractivity contribution in [1.29, 1.82) is 0 Å². The summed E-state index contributed by atoms with van der Waals surface area (Å²) in [4.78, 5) is 4.42. The van der Waals surface area contributed by atoms with Crippen LogP contribution < -0.4 is 5.32 Å². The van der Waals surface area contributed by atoms with Crippen molar-refractivity contribution in [3.63, 3.8) is 0 Å². The highest BCUT2D eigenvalue weighted by atomic mass is 15.3. The summed E-state index contributed by atoms with van der Waals surface area (Å²) in [6.07, 6.45) is 8.10. The van der Waals surface area contributed by atoms with E-state index >= 15 is 0 Å². The van der Waals surface area contributed by atoms with E-state index in [-0.39, 0.29) is 0 Å². The van der Waals surface area contributed by atoms with E-state index in [1.54, 1.807) is 10.9 Å². The molecule has 0 radical (unpaired) electrons. The van der Waals surface area contributed by atoms with Crippen LogP contribution in [0, 0.1) is 11.8 Å². The molecule has 2 aromatic heterocycles. The van der Waals surface area contributed by atoms with Gasteiger partial charge in [0.1, 0.15) is 0 Å². The van der Waals surface area contributed by atoms with Crippen LogP contribution in [0.3, 0.4) is 0 Å². The lowest BCUT2D eigenvalue weighted by atomic mass is 9.73. The van der Waals surface area contributed by atoms with Gasteiger partial charge in [0, 0.05) is 18.4 Å². The molecule has 0 spiro atoms. The fraction of sp³-hybridized carbons (Fsp3) is 0.467. The number of pyridine rings is 1. The molecule has 1 fully saturated rings. The Balaban J connectivity index is 1.59. The lowest BCUT2D eigenvalue weighted by Gasteiger charge is -2.39. The van der Waals surface area contributed by atoms with Gasteiger partial charge in [-0.3, -0.25) is 0 Å². The molecular weight excluding hydrogens is 236 g/mol. The second-order valence-electron chi connectivity index (χ2n) is 5.67. The Morgan fingerprint density at radius 3 is 2.74 bits per heavy atom. The summed E-state index contributed by atoms with van der Waals surface area (Å²) >= 11 is 0. The van der Waals surface area contributed by atoms with Crippen molar-refractivity contribution in [1.82, 2.24) is 14.8 Å². The predicted octanol–water partition coefficient (Wildman–Crippen LogP) is 3.11. The smallest absolute Gasteiger partial charge is 0.153 e. The van der Waals surface area contributed by atoms with Gasteiger partial charge in [-0.1, -0.05) is 13.8 Å². The van der Waals surface area contributed by atoms with Crippen molar-refractivity contribution in [3.05, 3.63) is 36.8 Å². The minimum atomic E-state index is 0.616. The molecule has 0 aromatic carbocycles. The van der Waals surface area contributed by atoms with Gasteiger partial charge < -0.3 is 5.32 Å². The lowest BCUT2D eigenvalue weighted by Crippen LogP contribution is -2.37. The Hall–Kier alpha value is -1.84. The topological polar surface area (TPSA) is 42.7 Å². The molecule has 1 saturated carbocycles. The molecule has 0 atom stereocenters. The normalized spacial score (nSPS) is 22.3. The van der Waals surface area contributed by atoms with Gasteiger partial charge in [0.15, 0.2) is 5.82 Å². The average molecular weight is 256 g/mol. The van der Waals surface area contributed by atoms with E-state index in [2.05, 4.69) is 35.3 Å². The zero-order chi connectivity index (χ0) is 13.2. The second kappa shape index (κ2) is 5.03. The van der Waals surface area contributed by atoms with Crippen LogP contribution in [-0.2, 0) is 0 Å². The van der Waals surface area contributed by atoms with Crippen LogP contribution in [0.1, 0.15) is 26.7 Å². The number of anilines is 1. The number of nitrogens with zero attached hydrogens (tertiary/aromatic N) is 3. The SMILES string of the molecule is CC(C)C1CC(Nc2ccc(-n3cccn3)nc2)C1. The molecular formula is C15H20N4. The van der Waals surface area contributed by atoms with Gasteiger partial charge in [-0.2, -0.15) is 5.10 Å². The highest BCUT2D eigenvalue weighted by Gasteiger charge is 2.30. The van der Waals surface area contributed by atoms with Gasteiger partial charge in [-0.15, -0.1) is 0 Å². The summed E-state index contributed by atoms with van der Waals surface area (Å²) < 4.78 is 1.77. The molecule has 1 aliphatic carbocycles. The molecule has 0 saturated heterocycles. The van der Waals surface area contributed by atoms with Gasteiger partial charge in [-0.25, -0.2) is 9.67 Å². The van der Waals surface area contributed by atoms with E-state index in [0.717, 1.165) is 23.3 Å². The number of hydrogen-bond donors (Lipinski definition) is 1. The summed E-state index contributed by atoms with van der Waals surface area (Å²) in [7, 11) is 0. The average Bonchev–Trinajstić information content (AvgIpc) is 2.87. The van der Waals surface area contributed by atoms with Crippen molar-refractivity contribution in [2.75, 3.05) is 5.32 Å². The Bertz CT molecular complexity index is 510. The number of rotatable bonds is 4. The van der Waals surface area contributed by atoms with Crippen molar-refractivity contribution < 1.29 is 0 Å². The molecule has 1 aliphatic rings. The fourth-order valence-corrected chi connectivity index (χ4v) is 2.57. The molecule has 2 heterocycles. The second-order valence-corrected chi connectivity index (χ2v) is 5.67. The standard InChI is InChI=1S/C15H20N4/c1-11(2)12-8-14(9-12)18-13-4-5-15(16-10-13)19-7-3-6-17-19/h3-7,10-12,14,18H,8-9H2,1-2H3. The van der Waals surface area contributed by atoms with E-state index in [4.69, 9.17) is 0 Å². The van der Waals surface area contributed by atoms with E-state index < -0.39 is 0 Å². The molecule has 0 aliphatic heterocycles. The van der Waals surface area contributed by atoms with Crippen LogP contribution >= 0.6 is 0 Å². The van der Waals surface area contributed by atoms with Gasteiger partial charge in [0.2, 0.25) is 0 Å². The minimum Gasteiger partial charge on any atom is -0.381 e. The van der Waals surface area contributed by atoms with Crippen LogP contribution in [0.2, 0.25) is 0 Å². The number of aromatic nitrogens is 3. The molecule has 2 aromatic rings. The quantitative estimate of drug-likeness (QED) is 0.914. The Labute approximate surface area is 113 Å². The maximum absolute atomic E-state index is 4.42. The van der Waals surface area contributed by atoms with Crippen LogP contribution in [-0.4, -0.2) is 20.8 Å². The molecule has 0 bridgehead atoms. The van der Waals surface area contributed by atoms with Crippen LogP contribution in [0.4, 0.5) is 5.69 Å². The summed E-state index contributed by atoms with van der Waals surface area (Å²) in [5.74, 6) is 2.54. The van der Waals surface area contributed by atoms with E-state index in [9.17, 15) is 0 Å². The zero-order valence-corrected chi connectivity index (χ0v) is 11.5. The van der Waals surface area contributed by atoms with Gasteiger partial charge in [-0.05, 0) is 42.9 Å². The summed E-state index contributed by atoms with van der Waals surface area (Å²) in [6, 6.07) is 6.58. The van der Waals surface area contributed by atoms with Gasteiger partial charge in [0.25, 0.3) is 0 Å². The predicted molar refractivity (Wildman–Crippen MR) is 76.3 cm³/mol. The lowest BCUT2D eigenvalue weighted by molar-refractivity contribution is 0.212. The summed E-state index contributed by atoms with van der Waals surface area (Å²) in [5.41, 5.74) is 1.10. The largest absolute Gasteiger partial charge is 0.381 e. The van der Waals surface area contributed by atoms with E-state index in [1.165, 1.54) is 12.8 Å². The summed E-state index contributed by atoms with van der Waals surface area (Å²) in [6.45, 7) is 4.61. The highest BCUT2D eigenvalue weighted by Crippen LogP contribution is 2.35. The molecule has 1 N–H and O–H groups in total. The first-order valence-electron chi connectivity index (χ1n) is 6.95. The maximum Gasteiger partial charge on any atom is 0.153 e. The Kier molecular flexibility index (Phi) is 3.23. The van der Waals surface area contributed by atoms with Crippen molar-refractivity contribution >= 4 is 5.69 Å². The van der Waals surface area contributed by atoms with Gasteiger partial charge >= 0.3 is 0 Å². The first kappa shape index (κ1) is 12.2. The first-order chi connectivity index (χ1) is 9.22. The number of hydrogen-bond acceptors (Lipinski definition) is 3. The maximum atomic E-state index is 4.42. The van der Waals surface area contributed by atoms with Crippen LogP contribution in [0.5, 0.6) is 0 Å². The third-order valence-electron chi connectivity index (χ3n) is 3.98. The molecule has 4 nitrogen and oxygen atoms in total. The highest BCUT2D eigenvalue weighted by molar-refractivity contribution is 5.44. The van der Waals surface area contributed by atoms with Crippen LogP contribution in [0.25, 0.3) is 5.82 Å². The first-order valence-corrected chi connectivity index (χ1v) is 6.95. The van der Waals surface area contributed by atoms with Crippen molar-refractivity contribution in [2.24, 2.45) is 11.8 Å². The van der Waals surface area contributed by atoms with Gasteiger partial charge in [0.05, 0.1) is 11.9 Å². The molecule has 0 amide bonds. The van der Waals surface area contributed by atoms with E-state index in [1.807, 2.05) is 24.5 Å². The van der Waals surface area contributed by atoms with E-state index in [0.29, 0.717) is 6.04 Å². The molecule has 100 valence electrons. The molecule has 0 unspecified atom stereocenters. The van der Waals surface area contributed by atoms with Crippen LogP contribution in [0.15, 0.2) is 36.8 Å². The fourth-order valence-electron chi connectivity index (χ4n) is 2.57. The number of nitrogens with one attached hydrogen (secondary N) is 1. The minimum absolute atomic E-state index is 0.616. The Morgan fingerprint density at radius 1 is 1.32 bits per heavy atom. The zero-order valence-electron chi connectivity index (χ0n) is 11.5. The third-order valence-corrected chi connectivity index (χ3v) is 3.98. The third kappa shape index (κ3) is 2.62. The molecule has 3 rings (SSSR count). The monoisotopic (exact) mass is 256 g/mol.